The van der Waals surface area contributed by atoms with Gasteiger partial charge in [-0.1, -0.05) is 18.7 Å². The van der Waals surface area contributed by atoms with Crippen LogP contribution in [0.2, 0.25) is 0 Å². The highest BCUT2D eigenvalue weighted by Crippen LogP contribution is 2.37. The third-order valence-corrected chi connectivity index (χ3v) is 4.72. The first-order valence-electron chi connectivity index (χ1n) is 8.43. The van der Waals surface area contributed by atoms with Crippen molar-refractivity contribution in [1.82, 2.24) is 9.88 Å². The van der Waals surface area contributed by atoms with Gasteiger partial charge in [0.25, 0.3) is 0 Å². The average Bonchev–Trinajstić information content (AvgIpc) is 2.55. The fourth-order valence-corrected chi connectivity index (χ4v) is 3.31. The molecule has 0 aliphatic carbocycles. The Balaban J connectivity index is 2.03. The molecule has 1 aromatic heterocycles. The van der Waals surface area contributed by atoms with Gasteiger partial charge in [0, 0.05) is 35.2 Å². The first-order valence-corrected chi connectivity index (χ1v) is 8.43. The van der Waals surface area contributed by atoms with Crippen LogP contribution in [0.1, 0.15) is 17.8 Å². The molecule has 1 saturated heterocycles. The van der Waals surface area contributed by atoms with Crippen molar-refractivity contribution in [2.45, 2.75) is 31.7 Å². The highest BCUT2D eigenvalue weighted by molar-refractivity contribution is 6.00. The van der Waals surface area contributed by atoms with Crippen LogP contribution in [-0.4, -0.2) is 48.4 Å². The van der Waals surface area contributed by atoms with Crippen molar-refractivity contribution < 1.29 is 17.6 Å². The topological polar surface area (TPSA) is 28.2 Å². The zero-order chi connectivity index (χ0) is 19.1. The molecule has 0 spiro atoms. The number of pyridine rings is 1. The number of fused-ring (bicyclic) bond motifs is 1. The van der Waals surface area contributed by atoms with Crippen molar-refractivity contribution >= 4 is 22.0 Å². The lowest BCUT2D eigenvalue weighted by Crippen LogP contribution is -2.46. The van der Waals surface area contributed by atoms with E-state index in [4.69, 9.17) is 0 Å². The Morgan fingerprint density at radius 1 is 1.31 bits per heavy atom. The van der Waals surface area contributed by atoms with E-state index < -0.39 is 17.9 Å². The summed E-state index contributed by atoms with van der Waals surface area (Å²) in [6.07, 6.45) is -4.98. The monoisotopic (exact) mass is 367 g/mol. The van der Waals surface area contributed by atoms with Gasteiger partial charge >= 0.3 is 6.18 Å². The molecule has 1 aliphatic heterocycles. The van der Waals surface area contributed by atoms with Gasteiger partial charge in [-0.3, -0.25) is 4.98 Å². The second-order valence-corrected chi connectivity index (χ2v) is 6.81. The molecule has 2 aromatic rings. The minimum Gasteiger partial charge on any atom is -0.379 e. The smallest absolute Gasteiger partial charge is 0.379 e. The molecular formula is C19H21F4N3. The summed E-state index contributed by atoms with van der Waals surface area (Å²) in [6.45, 7) is 5.91. The molecule has 1 aromatic carbocycles. The number of halogens is 4. The van der Waals surface area contributed by atoms with Gasteiger partial charge in [-0.2, -0.15) is 13.2 Å². The number of anilines is 1. The van der Waals surface area contributed by atoms with E-state index in [1.165, 1.54) is 0 Å². The zero-order valence-electron chi connectivity index (χ0n) is 14.7. The van der Waals surface area contributed by atoms with E-state index in [1.807, 2.05) is 11.9 Å². The van der Waals surface area contributed by atoms with Gasteiger partial charge in [0.1, 0.15) is 6.17 Å². The predicted octanol–water partition coefficient (Wildman–Crippen LogP) is 4.57. The SMILES string of the molecule is C=C(c1nc(C)cc2c(N[C@@H]3CCN(C)C[C@@H]3F)cccc12)C(F)(F)F. The van der Waals surface area contributed by atoms with Crippen molar-refractivity contribution in [2.24, 2.45) is 0 Å². The molecule has 2 atom stereocenters. The maximum atomic E-state index is 14.3. The zero-order valence-corrected chi connectivity index (χ0v) is 14.7. The summed E-state index contributed by atoms with van der Waals surface area (Å²) in [6, 6.07) is 6.33. The highest BCUT2D eigenvalue weighted by Gasteiger charge is 2.35. The van der Waals surface area contributed by atoms with Crippen LogP contribution in [0.3, 0.4) is 0 Å². The van der Waals surface area contributed by atoms with Gasteiger partial charge in [0.15, 0.2) is 0 Å². The molecule has 7 heteroatoms. The summed E-state index contributed by atoms with van der Waals surface area (Å²) in [4.78, 5) is 5.97. The lowest BCUT2D eigenvalue weighted by Gasteiger charge is -2.33. The van der Waals surface area contributed by atoms with E-state index in [0.29, 0.717) is 35.1 Å². The minimum absolute atomic E-state index is 0.184. The summed E-state index contributed by atoms with van der Waals surface area (Å²) in [5, 5.41) is 4.13. The van der Waals surface area contributed by atoms with Crippen LogP contribution >= 0.6 is 0 Å². The van der Waals surface area contributed by atoms with Crippen molar-refractivity contribution in [2.75, 3.05) is 25.5 Å². The molecule has 0 amide bonds. The predicted molar refractivity (Wildman–Crippen MR) is 96.0 cm³/mol. The number of nitrogens with zero attached hydrogens (tertiary/aromatic N) is 2. The summed E-state index contributed by atoms with van der Waals surface area (Å²) in [5.41, 5.74) is -0.101. The number of benzene rings is 1. The lowest BCUT2D eigenvalue weighted by atomic mass is 9.99. The molecule has 3 nitrogen and oxygen atoms in total. The Kier molecular flexibility index (Phi) is 4.92. The number of likely N-dealkylation sites (tertiary alicyclic amines) is 1. The normalized spacial score (nSPS) is 21.8. The van der Waals surface area contributed by atoms with E-state index in [1.54, 1.807) is 31.2 Å². The van der Waals surface area contributed by atoms with Crippen molar-refractivity contribution in [3.8, 4) is 0 Å². The Labute approximate surface area is 149 Å². The number of aryl methyl sites for hydroxylation is 1. The van der Waals surface area contributed by atoms with Crippen molar-refractivity contribution in [3.05, 3.63) is 42.2 Å². The van der Waals surface area contributed by atoms with Crippen LogP contribution in [0.5, 0.6) is 0 Å². The van der Waals surface area contributed by atoms with Gasteiger partial charge in [-0.05, 0) is 32.5 Å². The molecule has 0 radical (unpaired) electrons. The molecule has 2 heterocycles. The molecule has 26 heavy (non-hydrogen) atoms. The van der Waals surface area contributed by atoms with E-state index in [-0.39, 0.29) is 11.7 Å². The number of nitrogens with one attached hydrogen (secondary N) is 1. The van der Waals surface area contributed by atoms with Crippen LogP contribution in [0.15, 0.2) is 30.8 Å². The maximum Gasteiger partial charge on any atom is 0.417 e. The molecule has 140 valence electrons. The molecule has 1 aliphatic rings. The summed E-state index contributed by atoms with van der Waals surface area (Å²) >= 11 is 0. The Morgan fingerprint density at radius 3 is 2.69 bits per heavy atom. The number of allylic oxidation sites excluding steroid dienone is 1. The third-order valence-electron chi connectivity index (χ3n) is 4.72. The number of hydrogen-bond donors (Lipinski definition) is 1. The Hall–Kier alpha value is -2.15. The summed E-state index contributed by atoms with van der Waals surface area (Å²) in [7, 11) is 1.87. The first-order chi connectivity index (χ1) is 12.2. The highest BCUT2D eigenvalue weighted by atomic mass is 19.4. The second-order valence-electron chi connectivity index (χ2n) is 6.81. The summed E-state index contributed by atoms with van der Waals surface area (Å²) in [5.74, 6) is 0. The number of hydrogen-bond acceptors (Lipinski definition) is 3. The molecule has 1 N–H and O–H groups in total. The van der Waals surface area contributed by atoms with Crippen molar-refractivity contribution in [1.29, 1.82) is 0 Å². The molecule has 0 bridgehead atoms. The third kappa shape index (κ3) is 3.67. The number of piperidine rings is 1. The molecule has 0 unspecified atom stereocenters. The summed E-state index contributed by atoms with van der Waals surface area (Å²) < 4.78 is 53.8. The molecule has 0 saturated carbocycles. The average molecular weight is 367 g/mol. The standard InChI is InChI=1S/C19H21F4N3/c1-11-9-14-13(18(24-11)12(2)19(21,22)23)5-4-6-16(14)25-17-7-8-26(3)10-15(17)20/h4-6,9,15,17,25H,2,7-8,10H2,1,3H3/t15-,17+/m0/s1. The Bertz CT molecular complexity index is 831. The lowest BCUT2D eigenvalue weighted by molar-refractivity contribution is -0.0688. The van der Waals surface area contributed by atoms with Gasteiger partial charge < -0.3 is 10.2 Å². The van der Waals surface area contributed by atoms with E-state index in [0.717, 1.165) is 6.54 Å². The molecule has 1 fully saturated rings. The van der Waals surface area contributed by atoms with Crippen LogP contribution in [0.4, 0.5) is 23.2 Å². The van der Waals surface area contributed by atoms with Gasteiger partial charge in [0.05, 0.1) is 17.3 Å². The fourth-order valence-electron chi connectivity index (χ4n) is 3.31. The van der Waals surface area contributed by atoms with Gasteiger partial charge in [0.2, 0.25) is 0 Å². The van der Waals surface area contributed by atoms with E-state index in [9.17, 15) is 17.6 Å². The van der Waals surface area contributed by atoms with Crippen LogP contribution in [0.25, 0.3) is 16.3 Å². The minimum atomic E-state index is -4.56. The largest absolute Gasteiger partial charge is 0.417 e. The second kappa shape index (κ2) is 6.87. The first kappa shape index (κ1) is 18.6. The quantitative estimate of drug-likeness (QED) is 0.806. The van der Waals surface area contributed by atoms with Crippen molar-refractivity contribution in [3.63, 3.8) is 0 Å². The number of alkyl halides is 4. The molecule has 3 rings (SSSR count). The molecular weight excluding hydrogens is 346 g/mol. The van der Waals surface area contributed by atoms with Gasteiger partial charge in [-0.25, -0.2) is 4.39 Å². The fraction of sp³-hybridized carbons (Fsp3) is 0.421. The maximum absolute atomic E-state index is 14.3. The van der Waals surface area contributed by atoms with Crippen LogP contribution < -0.4 is 5.32 Å². The van der Waals surface area contributed by atoms with Crippen LogP contribution in [0, 0.1) is 6.92 Å². The van der Waals surface area contributed by atoms with Gasteiger partial charge in [-0.15, -0.1) is 0 Å². The number of aromatic nitrogens is 1. The number of rotatable bonds is 3. The Morgan fingerprint density at radius 2 is 2.04 bits per heavy atom. The van der Waals surface area contributed by atoms with E-state index >= 15 is 0 Å². The van der Waals surface area contributed by atoms with Crippen LogP contribution in [-0.2, 0) is 0 Å². The van der Waals surface area contributed by atoms with E-state index in [2.05, 4.69) is 16.9 Å².